The lowest BCUT2D eigenvalue weighted by atomic mass is 10.1. The molecule has 14 heteroatoms. The van der Waals surface area contributed by atoms with E-state index in [0.717, 1.165) is 53.1 Å². The van der Waals surface area contributed by atoms with Gasteiger partial charge in [0.2, 0.25) is 5.91 Å². The number of nitrogens with zero attached hydrogens (tertiary/aromatic N) is 7. The van der Waals surface area contributed by atoms with Crippen LogP contribution in [-0.4, -0.2) is 152 Å². The number of aromatic nitrogens is 1. The lowest BCUT2D eigenvalue weighted by Gasteiger charge is -2.37. The molecule has 3 saturated heterocycles. The van der Waals surface area contributed by atoms with E-state index in [1.165, 1.54) is 81.6 Å². The second kappa shape index (κ2) is 19.3. The summed E-state index contributed by atoms with van der Waals surface area (Å²) < 4.78 is 6.48. The van der Waals surface area contributed by atoms with Crippen molar-refractivity contribution in [3.8, 4) is 5.75 Å². The Kier molecular flexibility index (Phi) is 14.3. The molecule has 0 bridgehead atoms. The largest absolute Gasteiger partial charge is 0.496 e. The van der Waals surface area contributed by atoms with Crippen LogP contribution in [0.25, 0.3) is 0 Å². The third-order valence-electron chi connectivity index (χ3n) is 10.8. The highest BCUT2D eigenvalue weighted by Crippen LogP contribution is 2.38. The highest BCUT2D eigenvalue weighted by Gasteiger charge is 2.27. The Bertz CT molecular complexity index is 1710. The fourth-order valence-corrected chi connectivity index (χ4v) is 9.27. The van der Waals surface area contributed by atoms with Crippen LogP contribution in [0.5, 0.6) is 5.75 Å². The van der Waals surface area contributed by atoms with Gasteiger partial charge in [-0.15, -0.1) is 0 Å². The Morgan fingerprint density at radius 2 is 1.41 bits per heavy atom. The number of unbranched alkanes of at least 4 members (excludes halogenated alkanes) is 1. The summed E-state index contributed by atoms with van der Waals surface area (Å²) in [6, 6.07) is 11.6. The second-order valence-electron chi connectivity index (χ2n) is 14.4. The van der Waals surface area contributed by atoms with E-state index >= 15 is 0 Å². The maximum absolute atomic E-state index is 13.5. The molecule has 0 unspecified atom stereocenters. The van der Waals surface area contributed by atoms with Gasteiger partial charge in [-0.1, -0.05) is 36.4 Å². The van der Waals surface area contributed by atoms with Gasteiger partial charge in [0, 0.05) is 102 Å². The van der Waals surface area contributed by atoms with Crippen molar-refractivity contribution in [2.24, 2.45) is 0 Å². The van der Waals surface area contributed by atoms with Crippen molar-refractivity contribution in [2.45, 2.75) is 49.1 Å². The number of rotatable bonds is 14. The maximum Gasteiger partial charge on any atom is 0.257 e. The van der Waals surface area contributed by atoms with Crippen molar-refractivity contribution in [1.29, 1.82) is 0 Å². The lowest BCUT2D eigenvalue weighted by molar-refractivity contribution is -0.130. The van der Waals surface area contributed by atoms with Crippen LogP contribution in [0.15, 0.2) is 51.7 Å². The van der Waals surface area contributed by atoms with Gasteiger partial charge >= 0.3 is 0 Å². The molecule has 3 fully saturated rings. The highest BCUT2D eigenvalue weighted by atomic mass is 32.2. The van der Waals surface area contributed by atoms with Crippen molar-refractivity contribution in [1.82, 2.24) is 29.5 Å². The van der Waals surface area contributed by atoms with Gasteiger partial charge < -0.3 is 29.2 Å². The van der Waals surface area contributed by atoms with Gasteiger partial charge in [0.1, 0.15) is 5.75 Å². The van der Waals surface area contributed by atoms with E-state index in [1.807, 2.05) is 43.3 Å². The Balaban J connectivity index is 0.952. The molecule has 0 aliphatic carbocycles. The molecule has 54 heavy (non-hydrogen) atoms. The Morgan fingerprint density at radius 1 is 0.815 bits per heavy atom. The third kappa shape index (κ3) is 10.5. The molecular weight excluding hydrogens is 721 g/mol. The molecule has 292 valence electrons. The van der Waals surface area contributed by atoms with Crippen molar-refractivity contribution < 1.29 is 19.1 Å². The first kappa shape index (κ1) is 40.0. The van der Waals surface area contributed by atoms with Gasteiger partial charge in [0.15, 0.2) is 5.13 Å². The van der Waals surface area contributed by atoms with Gasteiger partial charge in [0.25, 0.3) is 11.8 Å². The normalized spacial score (nSPS) is 17.5. The monoisotopic (exact) mass is 776 g/mol. The predicted molar refractivity (Wildman–Crippen MR) is 218 cm³/mol. The topological polar surface area (TPSA) is 105 Å². The van der Waals surface area contributed by atoms with Crippen LogP contribution >= 0.6 is 23.1 Å². The van der Waals surface area contributed by atoms with Crippen molar-refractivity contribution in [3.05, 3.63) is 59.3 Å². The number of carbonyl (C=O) groups excluding carboxylic acids is 3. The number of methoxy groups -OCH3 is 1. The number of hydrogen-bond acceptors (Lipinski definition) is 11. The van der Waals surface area contributed by atoms with Gasteiger partial charge in [-0.2, -0.15) is 0 Å². The lowest BCUT2D eigenvalue weighted by Crippen LogP contribution is -2.50. The molecule has 4 heterocycles. The average molecular weight is 777 g/mol. The summed E-state index contributed by atoms with van der Waals surface area (Å²) in [6.45, 7) is 20.3. The quantitative estimate of drug-likeness (QED) is 0.238. The molecule has 3 aliphatic heterocycles. The fraction of sp³-hybridized carbons (Fsp3) is 0.550. The van der Waals surface area contributed by atoms with Crippen LogP contribution in [-0.2, 0) is 4.79 Å². The zero-order chi connectivity index (χ0) is 38.0. The molecule has 2 aromatic carbocycles. The molecule has 0 atom stereocenters. The number of ether oxygens (including phenoxy) is 1. The number of thiazole rings is 1. The Hall–Kier alpha value is -3.69. The molecule has 1 N–H and O–H groups in total. The average Bonchev–Trinajstić information content (AvgIpc) is 3.64. The van der Waals surface area contributed by atoms with E-state index in [4.69, 9.17) is 4.74 Å². The van der Waals surface area contributed by atoms with Gasteiger partial charge in [-0.25, -0.2) is 4.98 Å². The first-order chi connectivity index (χ1) is 26.2. The van der Waals surface area contributed by atoms with E-state index < -0.39 is 0 Å². The molecular formula is C40H56N8O4S2. The summed E-state index contributed by atoms with van der Waals surface area (Å²) in [5.41, 5.74) is 3.19. The van der Waals surface area contributed by atoms with Crippen LogP contribution in [0.3, 0.4) is 0 Å². The third-order valence-corrected chi connectivity index (χ3v) is 12.9. The number of hydrogen-bond donors (Lipinski definition) is 1. The SMILES string of the molecule is CCCCN1CCN(CCCN2CCN(c3ccc(C(=O)Nc4ncc(Sc5cc(C(=O)N6CCN(C(C)=O)CC6)c(OC)cc5C)s4)cc3)CC2)CC1. The molecule has 12 nitrogen and oxygen atoms in total. The number of anilines is 2. The molecule has 3 aliphatic rings. The summed E-state index contributed by atoms with van der Waals surface area (Å²) in [4.78, 5) is 57.6. The number of nitrogens with one attached hydrogen (secondary N) is 1. The van der Waals surface area contributed by atoms with E-state index in [-0.39, 0.29) is 17.7 Å². The molecule has 0 spiro atoms. The van der Waals surface area contributed by atoms with Crippen molar-refractivity contribution >= 4 is 51.6 Å². The molecule has 3 aromatic rings. The molecule has 0 radical (unpaired) electrons. The number of amides is 3. The smallest absolute Gasteiger partial charge is 0.257 e. The van der Waals surface area contributed by atoms with Crippen LogP contribution < -0.4 is 15.0 Å². The molecule has 6 rings (SSSR count). The highest BCUT2D eigenvalue weighted by molar-refractivity contribution is 8.01. The Labute approximate surface area is 328 Å². The molecule has 3 amide bonds. The summed E-state index contributed by atoms with van der Waals surface area (Å²) >= 11 is 2.90. The zero-order valence-corrected chi connectivity index (χ0v) is 34.0. The van der Waals surface area contributed by atoms with E-state index in [2.05, 4.69) is 36.8 Å². The van der Waals surface area contributed by atoms with Crippen LogP contribution in [0, 0.1) is 6.92 Å². The van der Waals surface area contributed by atoms with E-state index in [0.29, 0.717) is 48.2 Å². The summed E-state index contributed by atoms with van der Waals surface area (Å²) in [5.74, 6) is 0.234. The number of aryl methyl sites for hydroxylation is 1. The Morgan fingerprint density at radius 3 is 2.00 bits per heavy atom. The first-order valence-electron chi connectivity index (χ1n) is 19.4. The minimum Gasteiger partial charge on any atom is -0.496 e. The van der Waals surface area contributed by atoms with Crippen molar-refractivity contribution in [2.75, 3.05) is 115 Å². The van der Waals surface area contributed by atoms with E-state index in [1.54, 1.807) is 30.0 Å². The van der Waals surface area contributed by atoms with Crippen LogP contribution in [0.2, 0.25) is 0 Å². The fourth-order valence-electron chi connectivity index (χ4n) is 7.33. The predicted octanol–water partition coefficient (Wildman–Crippen LogP) is 5.10. The van der Waals surface area contributed by atoms with Crippen molar-refractivity contribution in [3.63, 3.8) is 0 Å². The van der Waals surface area contributed by atoms with Crippen LogP contribution in [0.4, 0.5) is 10.8 Å². The summed E-state index contributed by atoms with van der Waals surface area (Å²) in [6.07, 6.45) is 5.56. The number of piperazine rings is 3. The minimum absolute atomic E-state index is 0.0228. The zero-order valence-electron chi connectivity index (χ0n) is 32.3. The van der Waals surface area contributed by atoms with Gasteiger partial charge in [-0.05, 0) is 81.4 Å². The second-order valence-corrected chi connectivity index (χ2v) is 16.8. The summed E-state index contributed by atoms with van der Waals surface area (Å²) in [7, 11) is 1.57. The first-order valence-corrected chi connectivity index (χ1v) is 21.0. The van der Waals surface area contributed by atoms with Gasteiger partial charge in [0.05, 0.1) is 23.1 Å². The number of carbonyl (C=O) groups is 3. The summed E-state index contributed by atoms with van der Waals surface area (Å²) in [5, 5.41) is 3.48. The van der Waals surface area contributed by atoms with Crippen LogP contribution in [0.1, 0.15) is 59.4 Å². The maximum atomic E-state index is 13.5. The molecule has 0 saturated carbocycles. The minimum atomic E-state index is -0.196. The number of benzene rings is 2. The van der Waals surface area contributed by atoms with Gasteiger partial charge in [-0.3, -0.25) is 24.6 Å². The molecule has 1 aromatic heterocycles. The van der Waals surface area contributed by atoms with E-state index in [9.17, 15) is 14.4 Å². The standard InChI is InChI=1S/C40H56N8O4S2/c1-5-6-12-43-15-17-44(18-16-43)13-7-14-45-19-21-47(22-20-45)33-10-8-32(9-11-33)38(50)42-40-41-29-37(54-40)53-36-28-34(35(52-4)27-30(36)2)39(51)48-25-23-46(24-26-48)31(3)49/h8-11,27-29H,5-7,12-26H2,1-4H3,(H,41,42,50).